The maximum Gasteiger partial charge on any atom is 0.178 e. The molecule has 0 aliphatic carbocycles. The quantitative estimate of drug-likeness (QED) is 0.928. The van der Waals surface area contributed by atoms with E-state index in [4.69, 9.17) is 11.6 Å². The largest absolute Gasteiger partial charge is 0.316 e. The summed E-state index contributed by atoms with van der Waals surface area (Å²) in [4.78, 5) is 1.08. The number of benzene rings is 1. The van der Waals surface area contributed by atoms with Crippen LogP contribution in [0, 0.1) is 0 Å². The number of nitrogens with zero attached hydrogens (tertiary/aromatic N) is 2. The summed E-state index contributed by atoms with van der Waals surface area (Å²) in [5, 5.41) is 11.6. The second-order valence-electron chi connectivity index (χ2n) is 3.09. The molecule has 0 spiro atoms. The summed E-state index contributed by atoms with van der Waals surface area (Å²) >= 11 is 9.26. The molecule has 84 valence electrons. The van der Waals surface area contributed by atoms with Crippen molar-refractivity contribution in [3.63, 3.8) is 0 Å². The Bertz CT molecular complexity index is 459. The van der Waals surface area contributed by atoms with Gasteiger partial charge in [-0.1, -0.05) is 40.8 Å². The van der Waals surface area contributed by atoms with Crippen molar-refractivity contribution in [2.45, 2.75) is 15.8 Å². The maximum atomic E-state index is 6.16. The van der Waals surface area contributed by atoms with Crippen LogP contribution in [0.2, 0.25) is 5.02 Å². The van der Waals surface area contributed by atoms with Gasteiger partial charge in [0.05, 0.1) is 0 Å². The van der Waals surface area contributed by atoms with Crippen LogP contribution in [0.15, 0.2) is 32.9 Å². The minimum Gasteiger partial charge on any atom is -0.316 e. The minimum atomic E-state index is 0.780. The van der Waals surface area contributed by atoms with E-state index in [2.05, 4.69) is 15.5 Å². The van der Waals surface area contributed by atoms with Crippen LogP contribution in [0.5, 0.6) is 0 Å². The molecule has 0 unspecified atom stereocenters. The second kappa shape index (κ2) is 5.63. The molecule has 1 heterocycles. The fourth-order valence-electron chi connectivity index (χ4n) is 1.23. The molecule has 2 aromatic rings. The van der Waals surface area contributed by atoms with Crippen molar-refractivity contribution >= 4 is 34.7 Å². The van der Waals surface area contributed by atoms with Crippen molar-refractivity contribution in [2.24, 2.45) is 0 Å². The number of aromatic nitrogens is 2. The molecule has 1 N–H and O–H groups in total. The van der Waals surface area contributed by atoms with Gasteiger partial charge in [-0.2, -0.15) is 0 Å². The lowest BCUT2D eigenvalue weighted by molar-refractivity contribution is 0.817. The Balaban J connectivity index is 2.15. The molecule has 0 bridgehead atoms. The second-order valence-corrected chi connectivity index (χ2v) is 5.65. The Kier molecular flexibility index (Phi) is 4.17. The highest BCUT2D eigenvalue weighted by atomic mass is 35.5. The van der Waals surface area contributed by atoms with Gasteiger partial charge in [-0.3, -0.25) is 0 Å². The molecule has 0 saturated heterocycles. The van der Waals surface area contributed by atoms with E-state index >= 15 is 0 Å². The molecule has 1 aromatic carbocycles. The highest BCUT2D eigenvalue weighted by molar-refractivity contribution is 8.01. The van der Waals surface area contributed by atoms with Crippen LogP contribution in [0.1, 0.15) is 5.56 Å². The van der Waals surface area contributed by atoms with Crippen LogP contribution in [-0.2, 0) is 6.54 Å². The number of halogens is 1. The van der Waals surface area contributed by atoms with E-state index in [1.54, 1.807) is 17.3 Å². The Morgan fingerprint density at radius 2 is 2.38 bits per heavy atom. The lowest BCUT2D eigenvalue weighted by Crippen LogP contribution is -2.05. The highest BCUT2D eigenvalue weighted by Crippen LogP contribution is 2.31. The van der Waals surface area contributed by atoms with Crippen molar-refractivity contribution in [3.05, 3.63) is 34.3 Å². The molecule has 6 heteroatoms. The smallest absolute Gasteiger partial charge is 0.178 e. The van der Waals surface area contributed by atoms with Crippen molar-refractivity contribution < 1.29 is 0 Å². The zero-order valence-corrected chi connectivity index (χ0v) is 11.0. The third kappa shape index (κ3) is 2.95. The molecule has 0 aliphatic heterocycles. The van der Waals surface area contributed by atoms with E-state index < -0.39 is 0 Å². The van der Waals surface area contributed by atoms with E-state index in [0.29, 0.717) is 0 Å². The standard InChI is InChI=1S/C10H10ClN3S2/c1-12-5-7-2-3-8(4-9(7)11)16-10-14-13-6-15-10/h2-4,6,12H,5H2,1H3. The van der Waals surface area contributed by atoms with Crippen LogP contribution in [-0.4, -0.2) is 17.2 Å². The first-order valence-corrected chi connectivity index (χ1v) is 6.74. The number of hydrogen-bond donors (Lipinski definition) is 1. The van der Waals surface area contributed by atoms with Gasteiger partial charge in [0.2, 0.25) is 0 Å². The van der Waals surface area contributed by atoms with Gasteiger partial charge in [0.25, 0.3) is 0 Å². The summed E-state index contributed by atoms with van der Waals surface area (Å²) in [6, 6.07) is 6.03. The molecule has 0 fully saturated rings. The van der Waals surface area contributed by atoms with Gasteiger partial charge < -0.3 is 5.32 Å². The monoisotopic (exact) mass is 271 g/mol. The summed E-state index contributed by atoms with van der Waals surface area (Å²) in [5.74, 6) is 0. The summed E-state index contributed by atoms with van der Waals surface area (Å²) in [6.07, 6.45) is 0. The van der Waals surface area contributed by atoms with Crippen LogP contribution in [0.25, 0.3) is 0 Å². The van der Waals surface area contributed by atoms with E-state index in [0.717, 1.165) is 26.4 Å². The molecule has 16 heavy (non-hydrogen) atoms. The minimum absolute atomic E-state index is 0.780. The lowest BCUT2D eigenvalue weighted by atomic mass is 10.2. The van der Waals surface area contributed by atoms with Gasteiger partial charge in [0, 0.05) is 16.5 Å². The summed E-state index contributed by atoms with van der Waals surface area (Å²) in [7, 11) is 1.90. The van der Waals surface area contributed by atoms with Crippen LogP contribution >= 0.6 is 34.7 Å². The normalized spacial score (nSPS) is 10.6. The van der Waals surface area contributed by atoms with Crippen molar-refractivity contribution in [3.8, 4) is 0 Å². The van der Waals surface area contributed by atoms with E-state index in [1.165, 1.54) is 11.3 Å². The van der Waals surface area contributed by atoms with Crippen molar-refractivity contribution in [1.29, 1.82) is 0 Å². The number of rotatable bonds is 4. The third-order valence-electron chi connectivity index (χ3n) is 1.94. The van der Waals surface area contributed by atoms with Gasteiger partial charge in [-0.25, -0.2) is 0 Å². The Morgan fingerprint density at radius 3 is 3.00 bits per heavy atom. The Labute approximate surface area is 107 Å². The first kappa shape index (κ1) is 11.9. The van der Waals surface area contributed by atoms with Crippen molar-refractivity contribution in [2.75, 3.05) is 7.05 Å². The topological polar surface area (TPSA) is 37.8 Å². The summed E-state index contributed by atoms with van der Waals surface area (Å²) in [5.41, 5.74) is 2.82. The van der Waals surface area contributed by atoms with Gasteiger partial charge in [-0.15, -0.1) is 10.2 Å². The van der Waals surface area contributed by atoms with Gasteiger partial charge in [0.1, 0.15) is 5.51 Å². The van der Waals surface area contributed by atoms with Gasteiger partial charge in [0.15, 0.2) is 4.34 Å². The van der Waals surface area contributed by atoms with E-state index in [9.17, 15) is 0 Å². The zero-order valence-electron chi connectivity index (χ0n) is 8.61. The van der Waals surface area contributed by atoms with Gasteiger partial charge >= 0.3 is 0 Å². The third-order valence-corrected chi connectivity index (χ3v) is 4.06. The zero-order chi connectivity index (χ0) is 11.4. The average molecular weight is 272 g/mol. The maximum absolute atomic E-state index is 6.16. The molecule has 3 nitrogen and oxygen atoms in total. The SMILES string of the molecule is CNCc1ccc(Sc2nncs2)cc1Cl. The summed E-state index contributed by atoms with van der Waals surface area (Å²) < 4.78 is 0.928. The Morgan fingerprint density at radius 1 is 1.50 bits per heavy atom. The lowest BCUT2D eigenvalue weighted by Gasteiger charge is -2.05. The fourth-order valence-corrected chi connectivity index (χ4v) is 3.04. The molecule has 0 radical (unpaired) electrons. The predicted molar refractivity (Wildman–Crippen MR) is 68.2 cm³/mol. The molecule has 2 rings (SSSR count). The number of hydrogen-bond acceptors (Lipinski definition) is 5. The van der Waals surface area contributed by atoms with Crippen molar-refractivity contribution in [1.82, 2.24) is 15.5 Å². The first-order valence-electron chi connectivity index (χ1n) is 4.66. The van der Waals surface area contributed by atoms with Crippen LogP contribution < -0.4 is 5.32 Å². The highest BCUT2D eigenvalue weighted by Gasteiger charge is 2.04. The van der Waals surface area contributed by atoms with Crippen LogP contribution in [0.4, 0.5) is 0 Å². The molecule has 0 saturated carbocycles. The molecular formula is C10H10ClN3S2. The molecule has 0 atom stereocenters. The van der Waals surface area contributed by atoms with Crippen LogP contribution in [0.3, 0.4) is 0 Å². The van der Waals surface area contributed by atoms with Gasteiger partial charge in [-0.05, 0) is 24.7 Å². The summed E-state index contributed by atoms with van der Waals surface area (Å²) in [6.45, 7) is 0.780. The molecule has 0 aliphatic rings. The fraction of sp³-hybridized carbons (Fsp3) is 0.200. The van der Waals surface area contributed by atoms with E-state index in [-0.39, 0.29) is 0 Å². The number of nitrogens with one attached hydrogen (secondary N) is 1. The van der Waals surface area contributed by atoms with E-state index in [1.807, 2.05) is 25.2 Å². The average Bonchev–Trinajstić information content (AvgIpc) is 2.75. The molecular weight excluding hydrogens is 262 g/mol. The predicted octanol–water partition coefficient (Wildman–Crippen LogP) is 3.06. The Hall–Kier alpha value is -0.620. The first-order chi connectivity index (χ1) is 7.79. The molecule has 0 amide bonds. The molecule has 1 aromatic heterocycles.